The molecule has 0 saturated carbocycles. The highest BCUT2D eigenvalue weighted by atomic mass is 79.9. The number of anilines is 1. The van der Waals surface area contributed by atoms with Gasteiger partial charge in [-0.05, 0) is 69.0 Å². The first-order valence-corrected chi connectivity index (χ1v) is 11.0. The predicted molar refractivity (Wildman–Crippen MR) is 116 cm³/mol. The molecule has 1 N–H and O–H groups in total. The Bertz CT molecular complexity index is 1130. The van der Waals surface area contributed by atoms with Crippen LogP contribution in [-0.2, 0) is 6.54 Å². The van der Waals surface area contributed by atoms with Gasteiger partial charge < -0.3 is 5.32 Å². The van der Waals surface area contributed by atoms with E-state index in [0.717, 1.165) is 10.5 Å². The minimum Gasteiger partial charge on any atom is -0.320 e. The third-order valence-electron chi connectivity index (χ3n) is 4.01. The molecule has 0 unspecified atom stereocenters. The molecule has 2 aromatic heterocycles. The first-order chi connectivity index (χ1) is 14.1. The summed E-state index contributed by atoms with van der Waals surface area (Å²) in [6.45, 7) is 0.486. The Hall–Kier alpha value is -2.49. The number of para-hydroxylation sites is 1. The van der Waals surface area contributed by atoms with E-state index in [1.165, 1.54) is 35.2 Å². The second-order valence-electron chi connectivity index (χ2n) is 5.99. The highest BCUT2D eigenvalue weighted by Crippen LogP contribution is 2.34. The van der Waals surface area contributed by atoms with Crippen molar-refractivity contribution in [2.45, 2.75) is 16.6 Å². The fourth-order valence-corrected chi connectivity index (χ4v) is 4.62. The van der Waals surface area contributed by atoms with Crippen LogP contribution >= 0.6 is 39.0 Å². The maximum absolute atomic E-state index is 13.2. The Morgan fingerprint density at radius 3 is 2.66 bits per heavy atom. The van der Waals surface area contributed by atoms with Crippen molar-refractivity contribution in [3.63, 3.8) is 0 Å². The second-order valence-corrected chi connectivity index (χ2v) is 8.66. The van der Waals surface area contributed by atoms with E-state index >= 15 is 0 Å². The van der Waals surface area contributed by atoms with Crippen molar-refractivity contribution in [2.24, 2.45) is 0 Å². The molecule has 4 rings (SSSR count). The molecule has 0 bridgehead atoms. The van der Waals surface area contributed by atoms with E-state index < -0.39 is 0 Å². The van der Waals surface area contributed by atoms with Crippen molar-refractivity contribution < 1.29 is 9.18 Å². The summed E-state index contributed by atoms with van der Waals surface area (Å²) in [5, 5.41) is 13.8. The van der Waals surface area contributed by atoms with Crippen LogP contribution in [0.2, 0.25) is 0 Å². The summed E-state index contributed by atoms with van der Waals surface area (Å²) in [6.07, 6.45) is 0. The zero-order chi connectivity index (χ0) is 20.2. The van der Waals surface area contributed by atoms with Crippen LogP contribution in [0.25, 0.3) is 0 Å². The standard InChI is InChI=1S/C20H14BrFN4OS2/c21-19-24-25-20(26(19)12-13-7-9-14(22)10-8-13)29-16-5-2-1-4-15(16)23-18(27)17-6-3-11-28-17/h1-11H,12H2,(H,23,27). The number of amides is 1. The summed E-state index contributed by atoms with van der Waals surface area (Å²) in [7, 11) is 0. The van der Waals surface area contributed by atoms with Crippen molar-refractivity contribution in [1.29, 1.82) is 0 Å². The van der Waals surface area contributed by atoms with Gasteiger partial charge in [-0.15, -0.1) is 21.5 Å². The molecular weight excluding hydrogens is 475 g/mol. The Kier molecular flexibility index (Phi) is 6.08. The zero-order valence-corrected chi connectivity index (χ0v) is 18.1. The Balaban J connectivity index is 1.57. The average molecular weight is 489 g/mol. The Labute approximate surface area is 183 Å². The monoisotopic (exact) mass is 488 g/mol. The minimum absolute atomic E-state index is 0.151. The van der Waals surface area contributed by atoms with Crippen LogP contribution in [0.15, 0.2) is 80.8 Å². The molecular formula is C20H14BrFN4OS2. The number of thiophene rings is 1. The van der Waals surface area contributed by atoms with Crippen LogP contribution in [-0.4, -0.2) is 20.7 Å². The third-order valence-corrected chi connectivity index (χ3v) is 6.52. The number of nitrogens with zero attached hydrogens (tertiary/aromatic N) is 3. The molecule has 0 aliphatic rings. The van der Waals surface area contributed by atoms with Gasteiger partial charge in [0.25, 0.3) is 5.91 Å². The van der Waals surface area contributed by atoms with Crippen LogP contribution in [0.4, 0.5) is 10.1 Å². The summed E-state index contributed by atoms with van der Waals surface area (Å²) >= 11 is 6.21. The molecule has 0 aliphatic heterocycles. The highest BCUT2D eigenvalue weighted by molar-refractivity contribution is 9.10. The van der Waals surface area contributed by atoms with Gasteiger partial charge in [0.05, 0.1) is 17.1 Å². The minimum atomic E-state index is -0.276. The van der Waals surface area contributed by atoms with Crippen molar-refractivity contribution in [1.82, 2.24) is 14.8 Å². The Morgan fingerprint density at radius 1 is 1.10 bits per heavy atom. The maximum Gasteiger partial charge on any atom is 0.265 e. The van der Waals surface area contributed by atoms with Gasteiger partial charge in [-0.3, -0.25) is 9.36 Å². The Morgan fingerprint density at radius 2 is 1.90 bits per heavy atom. The summed E-state index contributed by atoms with van der Waals surface area (Å²) in [4.78, 5) is 13.9. The van der Waals surface area contributed by atoms with E-state index in [-0.39, 0.29) is 11.7 Å². The number of halogens is 2. The number of hydrogen-bond acceptors (Lipinski definition) is 5. The largest absolute Gasteiger partial charge is 0.320 e. The van der Waals surface area contributed by atoms with Crippen molar-refractivity contribution in [3.05, 3.63) is 87.0 Å². The zero-order valence-electron chi connectivity index (χ0n) is 14.9. The number of carbonyl (C=O) groups is 1. The molecule has 4 aromatic rings. The lowest BCUT2D eigenvalue weighted by atomic mass is 10.2. The molecule has 2 heterocycles. The molecule has 1 amide bonds. The molecule has 9 heteroatoms. The molecule has 0 fully saturated rings. The normalized spacial score (nSPS) is 10.8. The lowest BCUT2D eigenvalue weighted by molar-refractivity contribution is 0.103. The maximum atomic E-state index is 13.2. The van der Waals surface area contributed by atoms with Gasteiger partial charge >= 0.3 is 0 Å². The predicted octanol–water partition coefficient (Wildman–Crippen LogP) is 5.69. The molecule has 2 aromatic carbocycles. The lowest BCUT2D eigenvalue weighted by Crippen LogP contribution is -2.11. The number of rotatable bonds is 6. The van der Waals surface area contributed by atoms with Gasteiger partial charge in [0.2, 0.25) is 4.73 Å². The van der Waals surface area contributed by atoms with E-state index in [9.17, 15) is 9.18 Å². The smallest absolute Gasteiger partial charge is 0.265 e. The molecule has 0 aliphatic carbocycles. The van der Waals surface area contributed by atoms with Crippen LogP contribution in [0.1, 0.15) is 15.2 Å². The van der Waals surface area contributed by atoms with E-state index in [2.05, 4.69) is 31.4 Å². The quantitative estimate of drug-likeness (QED) is 0.378. The third kappa shape index (κ3) is 4.75. The van der Waals surface area contributed by atoms with Gasteiger partial charge in [0.1, 0.15) is 5.82 Å². The van der Waals surface area contributed by atoms with Crippen LogP contribution in [0, 0.1) is 5.82 Å². The SMILES string of the molecule is O=C(Nc1ccccc1Sc1nnc(Br)n1Cc1ccc(F)cc1)c1cccs1. The van der Waals surface area contributed by atoms with Gasteiger partial charge in [-0.2, -0.15) is 0 Å². The summed E-state index contributed by atoms with van der Waals surface area (Å²) in [5.74, 6) is -0.427. The number of benzene rings is 2. The molecule has 0 spiro atoms. The number of nitrogens with one attached hydrogen (secondary N) is 1. The van der Waals surface area contributed by atoms with Crippen LogP contribution < -0.4 is 5.32 Å². The van der Waals surface area contributed by atoms with Crippen molar-refractivity contribution in [3.8, 4) is 0 Å². The summed E-state index contributed by atoms with van der Waals surface area (Å²) < 4.78 is 15.6. The van der Waals surface area contributed by atoms with Crippen molar-refractivity contribution in [2.75, 3.05) is 5.32 Å². The first-order valence-electron chi connectivity index (χ1n) is 8.55. The van der Waals surface area contributed by atoms with Crippen LogP contribution in [0.3, 0.4) is 0 Å². The number of carbonyl (C=O) groups excluding carboxylic acids is 1. The fraction of sp³-hybridized carbons (Fsp3) is 0.0500. The second kappa shape index (κ2) is 8.89. The fourth-order valence-electron chi connectivity index (χ4n) is 2.60. The number of hydrogen-bond donors (Lipinski definition) is 1. The topological polar surface area (TPSA) is 59.8 Å². The molecule has 5 nitrogen and oxygen atoms in total. The van der Waals surface area contributed by atoms with Crippen molar-refractivity contribution >= 4 is 50.6 Å². The van der Waals surface area contributed by atoms with Gasteiger partial charge in [-0.1, -0.05) is 30.3 Å². The van der Waals surface area contributed by atoms with E-state index in [0.29, 0.717) is 27.0 Å². The van der Waals surface area contributed by atoms with Gasteiger partial charge in [0, 0.05) is 4.90 Å². The van der Waals surface area contributed by atoms with E-state index in [1.54, 1.807) is 18.2 Å². The molecule has 0 saturated heterocycles. The summed E-state index contributed by atoms with van der Waals surface area (Å²) in [5.41, 5.74) is 1.62. The highest BCUT2D eigenvalue weighted by Gasteiger charge is 2.16. The van der Waals surface area contributed by atoms with E-state index in [4.69, 9.17) is 0 Å². The molecule has 0 atom stereocenters. The van der Waals surface area contributed by atoms with Crippen LogP contribution in [0.5, 0.6) is 0 Å². The molecule has 29 heavy (non-hydrogen) atoms. The number of aromatic nitrogens is 3. The summed E-state index contributed by atoms with van der Waals surface area (Å²) in [6, 6.07) is 17.5. The first kappa shape index (κ1) is 19.8. The van der Waals surface area contributed by atoms with E-state index in [1.807, 2.05) is 40.3 Å². The average Bonchev–Trinajstić information content (AvgIpc) is 3.37. The van der Waals surface area contributed by atoms with Gasteiger partial charge in [0.15, 0.2) is 5.16 Å². The lowest BCUT2D eigenvalue weighted by Gasteiger charge is -2.11. The molecule has 0 radical (unpaired) electrons. The molecule has 146 valence electrons. The van der Waals surface area contributed by atoms with Gasteiger partial charge in [-0.25, -0.2) is 4.39 Å².